The van der Waals surface area contributed by atoms with E-state index in [1.807, 2.05) is 12.1 Å². The first kappa shape index (κ1) is 14.3. The molecule has 0 heterocycles. The van der Waals surface area contributed by atoms with Crippen molar-refractivity contribution in [2.75, 3.05) is 0 Å². The predicted molar refractivity (Wildman–Crippen MR) is 71.3 cm³/mol. The van der Waals surface area contributed by atoms with Crippen LogP contribution in [0.25, 0.3) is 0 Å². The molecular formula is C15H21F2NO. The fraction of sp³-hybridized carbons (Fsp3) is 0.600. The van der Waals surface area contributed by atoms with Gasteiger partial charge in [-0.2, -0.15) is 8.78 Å². The van der Waals surface area contributed by atoms with Gasteiger partial charge in [0, 0.05) is 12.6 Å². The first-order valence-electron chi connectivity index (χ1n) is 6.90. The average Bonchev–Trinajstić information content (AvgIpc) is 2.39. The van der Waals surface area contributed by atoms with Gasteiger partial charge in [-0.3, -0.25) is 0 Å². The van der Waals surface area contributed by atoms with Crippen molar-refractivity contribution >= 4 is 0 Å². The molecule has 1 aromatic carbocycles. The molecule has 2 nitrogen and oxygen atoms in total. The molecule has 106 valence electrons. The van der Waals surface area contributed by atoms with Crippen LogP contribution in [0.5, 0.6) is 5.75 Å². The number of hydrogen-bond acceptors (Lipinski definition) is 2. The molecule has 0 saturated heterocycles. The minimum Gasteiger partial charge on any atom is -0.435 e. The third kappa shape index (κ3) is 4.78. The summed E-state index contributed by atoms with van der Waals surface area (Å²) in [7, 11) is 0. The van der Waals surface area contributed by atoms with Gasteiger partial charge in [0.15, 0.2) is 0 Å². The monoisotopic (exact) mass is 269 g/mol. The number of halogens is 2. The Morgan fingerprint density at radius 3 is 2.37 bits per heavy atom. The molecule has 0 aliphatic heterocycles. The van der Waals surface area contributed by atoms with Gasteiger partial charge < -0.3 is 10.1 Å². The van der Waals surface area contributed by atoms with E-state index in [0.717, 1.165) is 18.0 Å². The number of rotatable bonds is 5. The van der Waals surface area contributed by atoms with Crippen LogP contribution in [-0.2, 0) is 6.54 Å². The van der Waals surface area contributed by atoms with Crippen molar-refractivity contribution in [3.63, 3.8) is 0 Å². The zero-order chi connectivity index (χ0) is 13.7. The van der Waals surface area contributed by atoms with E-state index in [9.17, 15) is 8.78 Å². The first-order valence-corrected chi connectivity index (χ1v) is 6.90. The van der Waals surface area contributed by atoms with Crippen LogP contribution in [0.1, 0.15) is 38.2 Å². The lowest BCUT2D eigenvalue weighted by atomic mass is 9.87. The third-order valence-electron chi connectivity index (χ3n) is 3.76. The van der Waals surface area contributed by atoms with Crippen molar-refractivity contribution in [1.82, 2.24) is 5.32 Å². The molecule has 1 aliphatic rings. The normalized spacial score (nSPS) is 23.6. The van der Waals surface area contributed by atoms with E-state index in [-0.39, 0.29) is 5.75 Å². The maximum absolute atomic E-state index is 12.0. The SMILES string of the molecule is CC1CCC(NCc2ccc(OC(F)F)cc2)CC1. The minimum absolute atomic E-state index is 0.213. The Balaban J connectivity index is 1.76. The van der Waals surface area contributed by atoms with E-state index in [1.54, 1.807) is 12.1 Å². The zero-order valence-corrected chi connectivity index (χ0v) is 11.2. The number of benzene rings is 1. The summed E-state index contributed by atoms with van der Waals surface area (Å²) in [6.45, 7) is 0.333. The van der Waals surface area contributed by atoms with Crippen LogP contribution in [0.4, 0.5) is 8.78 Å². The van der Waals surface area contributed by atoms with Gasteiger partial charge in [0.05, 0.1) is 0 Å². The van der Waals surface area contributed by atoms with Crippen molar-refractivity contribution in [2.45, 2.75) is 51.8 Å². The second-order valence-corrected chi connectivity index (χ2v) is 5.36. The Bertz CT molecular complexity index is 372. The van der Waals surface area contributed by atoms with Crippen LogP contribution < -0.4 is 10.1 Å². The first-order chi connectivity index (χ1) is 9.13. The van der Waals surface area contributed by atoms with Gasteiger partial charge in [0.1, 0.15) is 5.75 Å². The van der Waals surface area contributed by atoms with E-state index >= 15 is 0 Å². The lowest BCUT2D eigenvalue weighted by Crippen LogP contribution is -2.32. The summed E-state index contributed by atoms with van der Waals surface area (Å²) in [5, 5.41) is 3.53. The van der Waals surface area contributed by atoms with Crippen molar-refractivity contribution in [2.24, 2.45) is 5.92 Å². The van der Waals surface area contributed by atoms with Crippen LogP contribution in [0.15, 0.2) is 24.3 Å². The summed E-state index contributed by atoms with van der Waals surface area (Å²) in [5.74, 6) is 1.06. The molecule has 2 rings (SSSR count). The number of alkyl halides is 2. The quantitative estimate of drug-likeness (QED) is 0.873. The highest BCUT2D eigenvalue weighted by Crippen LogP contribution is 2.23. The van der Waals surface area contributed by atoms with Crippen LogP contribution in [-0.4, -0.2) is 12.7 Å². The summed E-state index contributed by atoms with van der Waals surface area (Å²) >= 11 is 0. The van der Waals surface area contributed by atoms with Gasteiger partial charge in [-0.05, 0) is 49.3 Å². The Kier molecular flexibility index (Phi) is 5.14. The fourth-order valence-corrected chi connectivity index (χ4v) is 2.52. The maximum atomic E-state index is 12.0. The van der Waals surface area contributed by atoms with Crippen molar-refractivity contribution < 1.29 is 13.5 Å². The molecule has 19 heavy (non-hydrogen) atoms. The summed E-state index contributed by atoms with van der Waals surface area (Å²) in [6, 6.07) is 7.43. The van der Waals surface area contributed by atoms with E-state index in [2.05, 4.69) is 17.0 Å². The highest BCUT2D eigenvalue weighted by Gasteiger charge is 2.17. The Morgan fingerprint density at radius 1 is 1.16 bits per heavy atom. The van der Waals surface area contributed by atoms with Gasteiger partial charge in [-0.25, -0.2) is 0 Å². The van der Waals surface area contributed by atoms with E-state index in [1.165, 1.54) is 25.7 Å². The molecular weight excluding hydrogens is 248 g/mol. The molecule has 1 N–H and O–H groups in total. The van der Waals surface area contributed by atoms with Gasteiger partial charge in [0.25, 0.3) is 0 Å². The molecule has 1 fully saturated rings. The van der Waals surface area contributed by atoms with Crippen LogP contribution in [0.2, 0.25) is 0 Å². The highest BCUT2D eigenvalue weighted by molar-refractivity contribution is 5.27. The molecule has 4 heteroatoms. The lowest BCUT2D eigenvalue weighted by molar-refractivity contribution is -0.0498. The number of nitrogens with one attached hydrogen (secondary N) is 1. The summed E-state index contributed by atoms with van der Waals surface area (Å²) < 4.78 is 28.3. The standard InChI is InChI=1S/C15H21F2NO/c1-11-2-6-13(7-3-11)18-10-12-4-8-14(9-5-12)19-15(16)17/h4-5,8-9,11,13,15,18H,2-3,6-7,10H2,1H3. The molecule has 0 bridgehead atoms. The largest absolute Gasteiger partial charge is 0.435 e. The molecule has 0 aromatic heterocycles. The maximum Gasteiger partial charge on any atom is 0.387 e. The Labute approximate surface area is 113 Å². The highest BCUT2D eigenvalue weighted by atomic mass is 19.3. The molecule has 0 unspecified atom stereocenters. The molecule has 0 amide bonds. The minimum atomic E-state index is -2.76. The van der Waals surface area contributed by atoms with E-state index in [4.69, 9.17) is 0 Å². The van der Waals surface area contributed by atoms with Gasteiger partial charge >= 0.3 is 6.61 Å². The molecule has 0 atom stereocenters. The molecule has 1 saturated carbocycles. The predicted octanol–water partition coefficient (Wildman–Crippen LogP) is 3.96. The van der Waals surface area contributed by atoms with Crippen molar-refractivity contribution in [3.8, 4) is 5.75 Å². The van der Waals surface area contributed by atoms with Gasteiger partial charge in [-0.1, -0.05) is 19.1 Å². The average molecular weight is 269 g/mol. The Hall–Kier alpha value is -1.16. The zero-order valence-electron chi connectivity index (χ0n) is 11.2. The third-order valence-corrected chi connectivity index (χ3v) is 3.76. The smallest absolute Gasteiger partial charge is 0.387 e. The number of ether oxygens (including phenoxy) is 1. The molecule has 1 aliphatic carbocycles. The molecule has 1 aromatic rings. The lowest BCUT2D eigenvalue weighted by Gasteiger charge is -2.27. The van der Waals surface area contributed by atoms with Crippen LogP contribution in [0.3, 0.4) is 0 Å². The van der Waals surface area contributed by atoms with E-state index < -0.39 is 6.61 Å². The van der Waals surface area contributed by atoms with E-state index in [0.29, 0.717) is 6.04 Å². The second kappa shape index (κ2) is 6.85. The van der Waals surface area contributed by atoms with Crippen molar-refractivity contribution in [1.29, 1.82) is 0 Å². The summed E-state index contributed by atoms with van der Waals surface area (Å²) in [5.41, 5.74) is 1.10. The van der Waals surface area contributed by atoms with Crippen molar-refractivity contribution in [3.05, 3.63) is 29.8 Å². The van der Waals surface area contributed by atoms with Gasteiger partial charge in [-0.15, -0.1) is 0 Å². The topological polar surface area (TPSA) is 21.3 Å². The van der Waals surface area contributed by atoms with Crippen LogP contribution in [0, 0.1) is 5.92 Å². The molecule has 0 radical (unpaired) electrons. The second-order valence-electron chi connectivity index (χ2n) is 5.36. The van der Waals surface area contributed by atoms with Crippen LogP contribution >= 0.6 is 0 Å². The fourth-order valence-electron chi connectivity index (χ4n) is 2.52. The summed E-state index contributed by atoms with van der Waals surface area (Å²) in [4.78, 5) is 0. The summed E-state index contributed by atoms with van der Waals surface area (Å²) in [6.07, 6.45) is 5.04. The number of hydrogen-bond donors (Lipinski definition) is 1. The Morgan fingerprint density at radius 2 is 1.79 bits per heavy atom. The molecule has 0 spiro atoms. The van der Waals surface area contributed by atoms with Gasteiger partial charge in [0.2, 0.25) is 0 Å².